The van der Waals surface area contributed by atoms with Crippen molar-refractivity contribution in [3.05, 3.63) is 70.0 Å². The Kier molecular flexibility index (Phi) is 5.31. The number of hydrogen-bond acceptors (Lipinski definition) is 3. The smallest absolute Gasteiger partial charge is 0.118 e. The van der Waals surface area contributed by atoms with Crippen molar-refractivity contribution in [2.75, 3.05) is 7.11 Å². The lowest BCUT2D eigenvalue weighted by Crippen LogP contribution is -1.91. The van der Waals surface area contributed by atoms with E-state index in [-0.39, 0.29) is 0 Å². The minimum absolute atomic E-state index is 0.611. The molecule has 0 radical (unpaired) electrons. The van der Waals surface area contributed by atoms with Gasteiger partial charge in [0.15, 0.2) is 0 Å². The van der Waals surface area contributed by atoms with Gasteiger partial charge in [0, 0.05) is 17.4 Å². The summed E-state index contributed by atoms with van der Waals surface area (Å²) in [4.78, 5) is 4.80. The minimum Gasteiger partial charge on any atom is -0.497 e. The van der Waals surface area contributed by atoms with Gasteiger partial charge in [0.25, 0.3) is 0 Å². The Balaban J connectivity index is 1.72. The van der Waals surface area contributed by atoms with E-state index in [1.807, 2.05) is 12.1 Å². The van der Waals surface area contributed by atoms with E-state index < -0.39 is 0 Å². The van der Waals surface area contributed by atoms with Crippen molar-refractivity contribution in [1.82, 2.24) is 4.98 Å². The third-order valence-corrected chi connectivity index (χ3v) is 5.30. The van der Waals surface area contributed by atoms with Gasteiger partial charge in [-0.1, -0.05) is 50.2 Å². The Morgan fingerprint density at radius 2 is 1.75 bits per heavy atom. The molecule has 0 N–H and O–H groups in total. The largest absolute Gasteiger partial charge is 0.497 e. The topological polar surface area (TPSA) is 22.1 Å². The Morgan fingerprint density at radius 3 is 2.38 bits per heavy atom. The summed E-state index contributed by atoms with van der Waals surface area (Å²) < 4.78 is 5.20. The standard InChI is InChI=1S/C21H23NOS/c1-4-15(2)17-7-9-18(10-8-17)20-14-24-21(22-20)13-16-5-11-19(23-3)12-6-16/h5-12,14-15H,4,13H2,1-3H3. The van der Waals surface area contributed by atoms with Crippen LogP contribution in [0.3, 0.4) is 0 Å². The Bertz CT molecular complexity index is 774. The highest BCUT2D eigenvalue weighted by Gasteiger charge is 2.07. The van der Waals surface area contributed by atoms with Crippen molar-refractivity contribution < 1.29 is 4.74 Å². The van der Waals surface area contributed by atoms with E-state index >= 15 is 0 Å². The number of ether oxygens (including phenoxy) is 1. The molecule has 3 aromatic rings. The first-order valence-corrected chi connectivity index (χ1v) is 9.25. The predicted molar refractivity (Wildman–Crippen MR) is 102 cm³/mol. The van der Waals surface area contributed by atoms with Gasteiger partial charge < -0.3 is 4.74 Å². The number of benzene rings is 2. The average Bonchev–Trinajstić information content (AvgIpc) is 3.10. The summed E-state index contributed by atoms with van der Waals surface area (Å²) in [7, 11) is 1.69. The fourth-order valence-corrected chi connectivity index (χ4v) is 3.50. The van der Waals surface area contributed by atoms with Crippen molar-refractivity contribution >= 4 is 11.3 Å². The molecule has 24 heavy (non-hydrogen) atoms. The highest BCUT2D eigenvalue weighted by Crippen LogP contribution is 2.26. The lowest BCUT2D eigenvalue weighted by molar-refractivity contribution is 0.414. The first kappa shape index (κ1) is 16.7. The first-order valence-electron chi connectivity index (χ1n) is 8.37. The number of rotatable bonds is 6. The maximum absolute atomic E-state index is 5.20. The third kappa shape index (κ3) is 3.85. The SMILES string of the molecule is CCC(C)c1ccc(-c2csc(Cc3ccc(OC)cc3)n2)cc1. The van der Waals surface area contributed by atoms with Gasteiger partial charge in [0.2, 0.25) is 0 Å². The fraction of sp³-hybridized carbons (Fsp3) is 0.286. The van der Waals surface area contributed by atoms with Gasteiger partial charge >= 0.3 is 0 Å². The summed E-state index contributed by atoms with van der Waals surface area (Å²) in [5.74, 6) is 1.50. The van der Waals surface area contributed by atoms with Crippen LogP contribution in [0.2, 0.25) is 0 Å². The zero-order valence-corrected chi connectivity index (χ0v) is 15.3. The lowest BCUT2D eigenvalue weighted by Gasteiger charge is -2.08. The number of hydrogen-bond donors (Lipinski definition) is 0. The molecule has 3 heteroatoms. The van der Waals surface area contributed by atoms with Gasteiger partial charge in [-0.2, -0.15) is 0 Å². The van der Waals surface area contributed by atoms with Gasteiger partial charge in [0.1, 0.15) is 5.75 Å². The molecule has 0 amide bonds. The molecular formula is C21H23NOS. The van der Waals surface area contributed by atoms with Crippen molar-refractivity contribution in [2.45, 2.75) is 32.6 Å². The summed E-state index contributed by atoms with van der Waals surface area (Å²) in [6.07, 6.45) is 2.03. The molecule has 2 aromatic carbocycles. The molecular weight excluding hydrogens is 314 g/mol. The lowest BCUT2D eigenvalue weighted by atomic mass is 9.97. The van der Waals surface area contributed by atoms with Gasteiger partial charge in [-0.05, 0) is 35.6 Å². The van der Waals surface area contributed by atoms with Crippen LogP contribution in [0.5, 0.6) is 5.75 Å². The van der Waals surface area contributed by atoms with E-state index in [1.54, 1.807) is 18.4 Å². The van der Waals surface area contributed by atoms with Gasteiger partial charge in [-0.3, -0.25) is 0 Å². The number of nitrogens with zero attached hydrogens (tertiary/aromatic N) is 1. The molecule has 1 aromatic heterocycles. The maximum Gasteiger partial charge on any atom is 0.118 e. The number of thiazole rings is 1. The molecule has 0 bridgehead atoms. The van der Waals surface area contributed by atoms with Gasteiger partial charge in [-0.25, -0.2) is 4.98 Å². The van der Waals surface area contributed by atoms with Crippen molar-refractivity contribution in [1.29, 1.82) is 0 Å². The first-order chi connectivity index (χ1) is 11.7. The van der Waals surface area contributed by atoms with Crippen LogP contribution in [0.15, 0.2) is 53.9 Å². The van der Waals surface area contributed by atoms with Crippen molar-refractivity contribution in [3.8, 4) is 17.0 Å². The quantitative estimate of drug-likeness (QED) is 0.557. The van der Waals surface area contributed by atoms with E-state index in [4.69, 9.17) is 9.72 Å². The molecule has 0 aliphatic carbocycles. The zero-order valence-electron chi connectivity index (χ0n) is 14.5. The normalized spacial score (nSPS) is 12.1. The zero-order chi connectivity index (χ0) is 16.9. The second-order valence-electron chi connectivity index (χ2n) is 6.08. The van der Waals surface area contributed by atoms with E-state index in [0.29, 0.717) is 5.92 Å². The Hall–Kier alpha value is -2.13. The molecule has 3 rings (SSSR count). The molecule has 0 fully saturated rings. The van der Waals surface area contributed by atoms with E-state index in [1.165, 1.54) is 23.1 Å². The predicted octanol–water partition coefficient (Wildman–Crippen LogP) is 5.92. The maximum atomic E-state index is 5.20. The summed E-state index contributed by atoms with van der Waals surface area (Å²) in [5.41, 5.74) is 4.91. The van der Waals surface area contributed by atoms with E-state index in [0.717, 1.165) is 22.9 Å². The van der Waals surface area contributed by atoms with Crippen LogP contribution < -0.4 is 4.74 Å². The molecule has 0 aliphatic rings. The van der Waals surface area contributed by atoms with Gasteiger partial charge in [0.05, 0.1) is 17.8 Å². The molecule has 1 atom stereocenters. The molecule has 0 saturated heterocycles. The molecule has 0 spiro atoms. The highest BCUT2D eigenvalue weighted by molar-refractivity contribution is 7.10. The summed E-state index contributed by atoms with van der Waals surface area (Å²) in [6, 6.07) is 17.0. The molecule has 2 nitrogen and oxygen atoms in total. The third-order valence-electron chi connectivity index (χ3n) is 4.45. The van der Waals surface area contributed by atoms with Crippen LogP contribution >= 0.6 is 11.3 Å². The summed E-state index contributed by atoms with van der Waals surface area (Å²) >= 11 is 1.72. The molecule has 0 aliphatic heterocycles. The molecule has 1 unspecified atom stereocenters. The van der Waals surface area contributed by atoms with Crippen molar-refractivity contribution in [3.63, 3.8) is 0 Å². The summed E-state index contributed by atoms with van der Waals surface area (Å²) in [6.45, 7) is 4.50. The van der Waals surface area contributed by atoms with Crippen LogP contribution in [-0.4, -0.2) is 12.1 Å². The number of methoxy groups -OCH3 is 1. The molecule has 124 valence electrons. The van der Waals surface area contributed by atoms with E-state index in [2.05, 4.69) is 55.6 Å². The monoisotopic (exact) mass is 337 g/mol. The molecule has 0 saturated carbocycles. The Morgan fingerprint density at radius 1 is 1.04 bits per heavy atom. The van der Waals surface area contributed by atoms with Crippen LogP contribution in [-0.2, 0) is 6.42 Å². The highest BCUT2D eigenvalue weighted by atomic mass is 32.1. The van der Waals surface area contributed by atoms with Crippen molar-refractivity contribution in [2.24, 2.45) is 0 Å². The van der Waals surface area contributed by atoms with Crippen LogP contribution in [0.1, 0.15) is 42.3 Å². The second kappa shape index (κ2) is 7.63. The van der Waals surface area contributed by atoms with Gasteiger partial charge in [-0.15, -0.1) is 11.3 Å². The Labute approximate surface area is 148 Å². The summed E-state index contributed by atoms with van der Waals surface area (Å²) in [5, 5.41) is 3.29. The van der Waals surface area contributed by atoms with E-state index in [9.17, 15) is 0 Å². The van der Waals surface area contributed by atoms with Crippen LogP contribution in [0, 0.1) is 0 Å². The van der Waals surface area contributed by atoms with Crippen LogP contribution in [0.4, 0.5) is 0 Å². The van der Waals surface area contributed by atoms with Crippen LogP contribution in [0.25, 0.3) is 11.3 Å². The second-order valence-corrected chi connectivity index (χ2v) is 7.03. The molecule has 1 heterocycles. The number of aromatic nitrogens is 1. The fourth-order valence-electron chi connectivity index (χ4n) is 2.66. The average molecular weight is 337 g/mol. The minimum atomic E-state index is 0.611.